The molecule has 0 bridgehead atoms. The molecule has 0 atom stereocenters. The zero-order valence-electron chi connectivity index (χ0n) is 18.7. The Hall–Kier alpha value is -3.57. The molecule has 0 radical (unpaired) electrons. The van der Waals surface area contributed by atoms with Crippen LogP contribution >= 0.6 is 11.8 Å². The maximum absolute atomic E-state index is 12.5. The van der Waals surface area contributed by atoms with E-state index in [1.54, 1.807) is 18.0 Å². The van der Waals surface area contributed by atoms with Crippen LogP contribution in [0.5, 0.6) is 0 Å². The molecule has 0 aliphatic heterocycles. The average molecular weight is 452 g/mol. The number of hydrogen-bond acceptors (Lipinski definition) is 3. The van der Waals surface area contributed by atoms with E-state index in [4.69, 9.17) is 0 Å². The number of aromatic nitrogens is 1. The zero-order valence-corrected chi connectivity index (χ0v) is 19.5. The van der Waals surface area contributed by atoms with Gasteiger partial charge in [0.1, 0.15) is 0 Å². The van der Waals surface area contributed by atoms with Gasteiger partial charge in [-0.3, -0.25) is 4.79 Å². The summed E-state index contributed by atoms with van der Waals surface area (Å²) in [4.78, 5) is 12.5. The van der Waals surface area contributed by atoms with E-state index in [-0.39, 0.29) is 11.2 Å². The van der Waals surface area contributed by atoms with E-state index in [9.17, 15) is 4.79 Å². The molecule has 0 saturated heterocycles. The summed E-state index contributed by atoms with van der Waals surface area (Å²) in [6, 6.07) is 29.2. The van der Waals surface area contributed by atoms with Crippen molar-refractivity contribution in [3.63, 3.8) is 0 Å². The van der Waals surface area contributed by atoms with Crippen molar-refractivity contribution in [2.24, 2.45) is 5.10 Å². The number of benzene rings is 3. The molecule has 4 aromatic rings. The van der Waals surface area contributed by atoms with Crippen molar-refractivity contribution in [2.45, 2.75) is 19.1 Å². The highest BCUT2D eigenvalue weighted by Gasteiger charge is 2.28. The predicted molar refractivity (Wildman–Crippen MR) is 137 cm³/mol. The molecule has 1 N–H and O–H groups in total. The molecular formula is C28H25N3OS. The SMILES string of the molecule is Cc1cc(/C=N/NC(=O)CSC2c3ccccc3-c3ccccc32)c(C)n1-c1ccccc1. The Morgan fingerprint density at radius 2 is 1.55 bits per heavy atom. The lowest BCUT2D eigenvalue weighted by Crippen LogP contribution is -2.20. The quantitative estimate of drug-likeness (QED) is 0.287. The van der Waals surface area contributed by atoms with Crippen LogP contribution in [0.25, 0.3) is 16.8 Å². The van der Waals surface area contributed by atoms with Crippen LogP contribution in [0, 0.1) is 13.8 Å². The highest BCUT2D eigenvalue weighted by Crippen LogP contribution is 2.49. The van der Waals surface area contributed by atoms with E-state index < -0.39 is 0 Å². The predicted octanol–water partition coefficient (Wildman–Crippen LogP) is 6.05. The lowest BCUT2D eigenvalue weighted by molar-refractivity contribution is -0.118. The standard InChI is InChI=1S/C28H25N3OS/c1-19-16-21(20(2)31(19)22-10-4-3-5-11-22)17-29-30-27(32)18-33-28-25-14-8-6-12-23(25)24-13-7-9-15-26(24)28/h3-17,28H,18H2,1-2H3,(H,30,32)/b29-17+. The van der Waals surface area contributed by atoms with Gasteiger partial charge in [0, 0.05) is 22.6 Å². The number of amides is 1. The van der Waals surface area contributed by atoms with Crippen LogP contribution in [0.15, 0.2) is 90.0 Å². The van der Waals surface area contributed by atoms with Crippen LogP contribution in [0.1, 0.15) is 33.3 Å². The smallest absolute Gasteiger partial charge is 0.250 e. The number of hydrazone groups is 1. The monoisotopic (exact) mass is 451 g/mol. The number of carbonyl (C=O) groups excluding carboxylic acids is 1. The van der Waals surface area contributed by atoms with Gasteiger partial charge in [0.25, 0.3) is 0 Å². The van der Waals surface area contributed by atoms with Crippen LogP contribution in [-0.4, -0.2) is 22.4 Å². The van der Waals surface area contributed by atoms with E-state index in [1.807, 2.05) is 18.2 Å². The molecule has 0 spiro atoms. The van der Waals surface area contributed by atoms with E-state index >= 15 is 0 Å². The van der Waals surface area contributed by atoms with E-state index in [2.05, 4.69) is 95.7 Å². The van der Waals surface area contributed by atoms with Gasteiger partial charge in [0.15, 0.2) is 0 Å². The van der Waals surface area contributed by atoms with Crippen molar-refractivity contribution in [3.8, 4) is 16.8 Å². The Bertz CT molecular complexity index is 1300. The lowest BCUT2D eigenvalue weighted by atomic mass is 10.1. The van der Waals surface area contributed by atoms with Crippen molar-refractivity contribution in [1.82, 2.24) is 9.99 Å². The Morgan fingerprint density at radius 1 is 0.939 bits per heavy atom. The van der Waals surface area contributed by atoms with Gasteiger partial charge < -0.3 is 4.57 Å². The fourth-order valence-electron chi connectivity index (χ4n) is 4.55. The molecule has 5 heteroatoms. The van der Waals surface area contributed by atoms with Crippen molar-refractivity contribution >= 4 is 23.9 Å². The number of carbonyl (C=O) groups is 1. The zero-order chi connectivity index (χ0) is 22.8. The molecule has 1 heterocycles. The van der Waals surface area contributed by atoms with Gasteiger partial charge in [-0.1, -0.05) is 66.7 Å². The number of para-hydroxylation sites is 1. The molecule has 0 unspecified atom stereocenters. The molecular weight excluding hydrogens is 426 g/mol. The molecule has 33 heavy (non-hydrogen) atoms. The molecule has 1 aromatic heterocycles. The first-order valence-electron chi connectivity index (χ1n) is 11.0. The number of rotatable bonds is 6. The molecule has 3 aromatic carbocycles. The number of nitrogens with one attached hydrogen (secondary N) is 1. The molecule has 164 valence electrons. The third-order valence-corrected chi connectivity index (χ3v) is 7.31. The van der Waals surface area contributed by atoms with Crippen LogP contribution in [0.3, 0.4) is 0 Å². The van der Waals surface area contributed by atoms with Crippen LogP contribution in [0.2, 0.25) is 0 Å². The second kappa shape index (κ2) is 9.12. The van der Waals surface area contributed by atoms with Gasteiger partial charge >= 0.3 is 0 Å². The summed E-state index contributed by atoms with van der Waals surface area (Å²) in [5, 5.41) is 4.40. The fourth-order valence-corrected chi connectivity index (χ4v) is 5.70. The number of fused-ring (bicyclic) bond motifs is 3. The summed E-state index contributed by atoms with van der Waals surface area (Å²) in [5.74, 6) is 0.239. The summed E-state index contributed by atoms with van der Waals surface area (Å²) >= 11 is 1.64. The molecule has 1 aliphatic rings. The highest BCUT2D eigenvalue weighted by molar-refractivity contribution is 8.00. The number of hydrogen-bond donors (Lipinski definition) is 1. The maximum atomic E-state index is 12.5. The van der Waals surface area contributed by atoms with Gasteiger partial charge in [-0.25, -0.2) is 5.43 Å². The number of thioether (sulfide) groups is 1. The molecule has 5 rings (SSSR count). The van der Waals surface area contributed by atoms with Gasteiger partial charge in [-0.15, -0.1) is 11.8 Å². The molecule has 0 saturated carbocycles. The first-order chi connectivity index (χ1) is 16.1. The summed E-state index contributed by atoms with van der Waals surface area (Å²) in [6.45, 7) is 4.14. The van der Waals surface area contributed by atoms with Crippen LogP contribution in [-0.2, 0) is 4.79 Å². The summed E-state index contributed by atoms with van der Waals surface area (Å²) in [5.41, 5.74) is 12.1. The van der Waals surface area contributed by atoms with E-state index in [0.717, 1.165) is 22.6 Å². The summed E-state index contributed by atoms with van der Waals surface area (Å²) in [7, 11) is 0. The Morgan fingerprint density at radius 3 is 2.21 bits per heavy atom. The van der Waals surface area contributed by atoms with Gasteiger partial charge in [-0.2, -0.15) is 5.10 Å². The largest absolute Gasteiger partial charge is 0.318 e. The Balaban J connectivity index is 1.24. The lowest BCUT2D eigenvalue weighted by Gasteiger charge is -2.12. The van der Waals surface area contributed by atoms with Gasteiger partial charge in [-0.05, 0) is 54.3 Å². The minimum Gasteiger partial charge on any atom is -0.318 e. The second-order valence-corrected chi connectivity index (χ2v) is 9.25. The summed E-state index contributed by atoms with van der Waals surface area (Å²) < 4.78 is 2.19. The number of aryl methyl sites for hydroxylation is 1. The minimum absolute atomic E-state index is 0.102. The fraction of sp³-hybridized carbons (Fsp3) is 0.143. The summed E-state index contributed by atoms with van der Waals surface area (Å²) in [6.07, 6.45) is 1.73. The normalized spacial score (nSPS) is 12.7. The number of nitrogens with zero attached hydrogens (tertiary/aromatic N) is 2. The third-order valence-electron chi connectivity index (χ3n) is 6.04. The minimum atomic E-state index is -0.102. The first kappa shape index (κ1) is 21.3. The van der Waals surface area contributed by atoms with Gasteiger partial charge in [0.2, 0.25) is 5.91 Å². The molecule has 4 nitrogen and oxygen atoms in total. The maximum Gasteiger partial charge on any atom is 0.250 e. The molecule has 0 fully saturated rings. The molecule has 1 amide bonds. The first-order valence-corrected chi connectivity index (χ1v) is 12.0. The van der Waals surface area contributed by atoms with Crippen LogP contribution < -0.4 is 5.43 Å². The van der Waals surface area contributed by atoms with Gasteiger partial charge in [0.05, 0.1) is 17.2 Å². The highest BCUT2D eigenvalue weighted by atomic mass is 32.2. The topological polar surface area (TPSA) is 46.4 Å². The average Bonchev–Trinajstić information content (AvgIpc) is 3.31. The van der Waals surface area contributed by atoms with E-state index in [1.165, 1.54) is 22.3 Å². The second-order valence-electron chi connectivity index (χ2n) is 8.16. The Labute approximate surface area is 198 Å². The Kier molecular flexibility index (Phi) is 5.88. The van der Waals surface area contributed by atoms with Crippen LogP contribution in [0.4, 0.5) is 0 Å². The third kappa shape index (κ3) is 4.12. The van der Waals surface area contributed by atoms with E-state index in [0.29, 0.717) is 5.75 Å². The molecule has 1 aliphatic carbocycles. The van der Waals surface area contributed by atoms with Crippen molar-refractivity contribution < 1.29 is 4.79 Å². The van der Waals surface area contributed by atoms with Crippen molar-refractivity contribution in [1.29, 1.82) is 0 Å². The van der Waals surface area contributed by atoms with Crippen molar-refractivity contribution in [2.75, 3.05) is 5.75 Å². The van der Waals surface area contributed by atoms with Crippen molar-refractivity contribution in [3.05, 3.63) is 113 Å².